The number of rotatable bonds is 6. The Kier molecular flexibility index (Phi) is 5.69. The highest BCUT2D eigenvalue weighted by Crippen LogP contribution is 2.28. The van der Waals surface area contributed by atoms with Crippen molar-refractivity contribution in [2.75, 3.05) is 6.61 Å². The summed E-state index contributed by atoms with van der Waals surface area (Å²) in [5.74, 6) is 1.17. The van der Waals surface area contributed by atoms with E-state index in [4.69, 9.17) is 4.74 Å². The highest BCUT2D eigenvalue weighted by atomic mass is 16.5. The summed E-state index contributed by atoms with van der Waals surface area (Å²) in [6.07, 6.45) is 1.05. The van der Waals surface area contributed by atoms with Gasteiger partial charge in [0, 0.05) is 6.04 Å². The van der Waals surface area contributed by atoms with E-state index in [1.54, 1.807) is 0 Å². The minimum absolute atomic E-state index is 0.0750. The summed E-state index contributed by atoms with van der Waals surface area (Å²) in [5, 5.41) is 2.81. The van der Waals surface area contributed by atoms with Crippen LogP contribution in [0.3, 0.4) is 0 Å². The van der Waals surface area contributed by atoms with Gasteiger partial charge in [0.25, 0.3) is 5.91 Å². The third-order valence-electron chi connectivity index (χ3n) is 2.87. The Morgan fingerprint density at radius 2 is 1.94 bits per heavy atom. The van der Waals surface area contributed by atoms with Crippen molar-refractivity contribution in [2.24, 2.45) is 0 Å². The van der Waals surface area contributed by atoms with Crippen LogP contribution in [0.5, 0.6) is 5.75 Å². The lowest BCUT2D eigenvalue weighted by molar-refractivity contribution is -0.123. The van der Waals surface area contributed by atoms with E-state index in [-0.39, 0.29) is 18.6 Å². The van der Waals surface area contributed by atoms with Gasteiger partial charge in [-0.05, 0) is 37.8 Å². The molecule has 0 aromatic heterocycles. The van der Waals surface area contributed by atoms with Crippen LogP contribution in [0.4, 0.5) is 0 Å². The third kappa shape index (κ3) is 4.40. The van der Waals surface area contributed by atoms with Crippen molar-refractivity contribution in [1.29, 1.82) is 0 Å². The molecule has 0 aliphatic rings. The van der Waals surface area contributed by atoms with Gasteiger partial charge in [0.05, 0.1) is 0 Å². The lowest BCUT2D eigenvalue weighted by atomic mass is 9.98. The summed E-state index contributed by atoms with van der Waals surface area (Å²) >= 11 is 0. The maximum absolute atomic E-state index is 11.5. The zero-order chi connectivity index (χ0) is 13.5. The quantitative estimate of drug-likeness (QED) is 0.841. The van der Waals surface area contributed by atoms with Crippen LogP contribution in [0.25, 0.3) is 0 Å². The normalized spacial score (nSPS) is 12.3. The number of hydrogen-bond acceptors (Lipinski definition) is 2. The molecule has 0 aliphatic heterocycles. The molecular formula is C15H23NO2. The molecule has 18 heavy (non-hydrogen) atoms. The Bertz CT molecular complexity index is 388. The number of hydrogen-bond donors (Lipinski definition) is 1. The first-order chi connectivity index (χ1) is 8.54. The highest BCUT2D eigenvalue weighted by molar-refractivity contribution is 5.77. The predicted molar refractivity (Wildman–Crippen MR) is 73.9 cm³/mol. The van der Waals surface area contributed by atoms with Gasteiger partial charge in [-0.1, -0.05) is 32.0 Å². The number of amides is 1. The Hall–Kier alpha value is -1.51. The minimum atomic E-state index is -0.0797. The molecule has 1 rings (SSSR count). The molecule has 1 aromatic carbocycles. The van der Waals surface area contributed by atoms with Gasteiger partial charge in [0.2, 0.25) is 0 Å². The second kappa shape index (κ2) is 7.04. The van der Waals surface area contributed by atoms with Gasteiger partial charge in [0.15, 0.2) is 6.61 Å². The molecule has 1 atom stereocenters. The van der Waals surface area contributed by atoms with Crippen molar-refractivity contribution in [3.63, 3.8) is 0 Å². The molecule has 0 fully saturated rings. The van der Waals surface area contributed by atoms with E-state index < -0.39 is 0 Å². The van der Waals surface area contributed by atoms with Gasteiger partial charge in [-0.3, -0.25) is 4.79 Å². The standard InChI is InChI=1S/C15H23NO2/c1-5-12(4)13-8-6-7-9-14(13)18-10-15(17)16-11(2)3/h6-9,11-12H,5,10H2,1-4H3,(H,16,17). The maximum atomic E-state index is 11.5. The van der Waals surface area contributed by atoms with Crippen molar-refractivity contribution in [3.05, 3.63) is 29.8 Å². The molecule has 1 amide bonds. The van der Waals surface area contributed by atoms with Crippen molar-refractivity contribution in [2.45, 2.75) is 46.1 Å². The van der Waals surface area contributed by atoms with Crippen molar-refractivity contribution < 1.29 is 9.53 Å². The van der Waals surface area contributed by atoms with Crippen LogP contribution in [0.15, 0.2) is 24.3 Å². The number of ether oxygens (including phenoxy) is 1. The van der Waals surface area contributed by atoms with E-state index in [0.29, 0.717) is 5.92 Å². The van der Waals surface area contributed by atoms with Crippen molar-refractivity contribution >= 4 is 5.91 Å². The van der Waals surface area contributed by atoms with Gasteiger partial charge in [-0.15, -0.1) is 0 Å². The monoisotopic (exact) mass is 249 g/mol. The van der Waals surface area contributed by atoms with Gasteiger partial charge in [-0.25, -0.2) is 0 Å². The average molecular weight is 249 g/mol. The van der Waals surface area contributed by atoms with E-state index in [1.165, 1.54) is 0 Å². The summed E-state index contributed by atoms with van der Waals surface area (Å²) < 4.78 is 5.61. The third-order valence-corrected chi connectivity index (χ3v) is 2.87. The molecule has 1 unspecified atom stereocenters. The Labute approximate surface area is 110 Å². The van der Waals surface area contributed by atoms with Crippen molar-refractivity contribution in [3.8, 4) is 5.75 Å². The summed E-state index contributed by atoms with van der Waals surface area (Å²) in [4.78, 5) is 11.5. The smallest absolute Gasteiger partial charge is 0.258 e. The SMILES string of the molecule is CCC(C)c1ccccc1OCC(=O)NC(C)C. The molecule has 0 saturated carbocycles. The van der Waals surface area contributed by atoms with E-state index in [2.05, 4.69) is 25.2 Å². The molecule has 0 saturated heterocycles. The van der Waals surface area contributed by atoms with Crippen LogP contribution in [-0.2, 0) is 4.79 Å². The molecule has 0 heterocycles. The van der Waals surface area contributed by atoms with E-state index in [0.717, 1.165) is 17.7 Å². The van der Waals surface area contributed by atoms with Crippen LogP contribution in [0.1, 0.15) is 45.6 Å². The van der Waals surface area contributed by atoms with Crippen LogP contribution in [-0.4, -0.2) is 18.6 Å². The fourth-order valence-corrected chi connectivity index (χ4v) is 1.75. The van der Waals surface area contributed by atoms with Crippen LogP contribution < -0.4 is 10.1 Å². The zero-order valence-corrected chi connectivity index (χ0v) is 11.7. The topological polar surface area (TPSA) is 38.3 Å². The van der Waals surface area contributed by atoms with Gasteiger partial charge in [-0.2, -0.15) is 0 Å². The zero-order valence-electron chi connectivity index (χ0n) is 11.7. The highest BCUT2D eigenvalue weighted by Gasteiger charge is 2.11. The molecule has 0 spiro atoms. The van der Waals surface area contributed by atoms with Crippen LogP contribution >= 0.6 is 0 Å². The summed E-state index contributed by atoms with van der Waals surface area (Å²) in [7, 11) is 0. The number of carbonyl (C=O) groups is 1. The second-order valence-corrected chi connectivity index (χ2v) is 4.86. The van der Waals surface area contributed by atoms with Gasteiger partial charge < -0.3 is 10.1 Å². The Morgan fingerprint density at radius 3 is 2.56 bits per heavy atom. The molecule has 100 valence electrons. The molecular weight excluding hydrogens is 226 g/mol. The number of carbonyl (C=O) groups excluding carboxylic acids is 1. The van der Waals surface area contributed by atoms with E-state index in [1.807, 2.05) is 32.0 Å². The number of nitrogens with one attached hydrogen (secondary N) is 1. The summed E-state index contributed by atoms with van der Waals surface area (Å²) in [6.45, 7) is 8.25. The molecule has 3 heteroatoms. The van der Waals surface area contributed by atoms with Crippen LogP contribution in [0.2, 0.25) is 0 Å². The Morgan fingerprint density at radius 1 is 1.28 bits per heavy atom. The molecule has 0 radical (unpaired) electrons. The number of benzene rings is 1. The Balaban J connectivity index is 2.64. The first-order valence-electron chi connectivity index (χ1n) is 6.55. The molecule has 3 nitrogen and oxygen atoms in total. The molecule has 1 N–H and O–H groups in total. The number of para-hydroxylation sites is 1. The van der Waals surface area contributed by atoms with E-state index in [9.17, 15) is 4.79 Å². The summed E-state index contributed by atoms with van der Waals surface area (Å²) in [5.41, 5.74) is 1.16. The fraction of sp³-hybridized carbons (Fsp3) is 0.533. The molecule has 0 aliphatic carbocycles. The second-order valence-electron chi connectivity index (χ2n) is 4.86. The minimum Gasteiger partial charge on any atom is -0.483 e. The predicted octanol–water partition coefficient (Wildman–Crippen LogP) is 3.10. The van der Waals surface area contributed by atoms with Crippen LogP contribution in [0, 0.1) is 0 Å². The average Bonchev–Trinajstić information content (AvgIpc) is 2.35. The molecule has 0 bridgehead atoms. The summed E-state index contributed by atoms with van der Waals surface area (Å²) in [6, 6.07) is 8.06. The van der Waals surface area contributed by atoms with Gasteiger partial charge >= 0.3 is 0 Å². The lowest BCUT2D eigenvalue weighted by Crippen LogP contribution is -2.34. The van der Waals surface area contributed by atoms with E-state index >= 15 is 0 Å². The van der Waals surface area contributed by atoms with Crippen molar-refractivity contribution in [1.82, 2.24) is 5.32 Å². The maximum Gasteiger partial charge on any atom is 0.258 e. The molecule has 1 aromatic rings. The largest absolute Gasteiger partial charge is 0.483 e. The first kappa shape index (κ1) is 14.6. The van der Waals surface area contributed by atoms with Gasteiger partial charge in [0.1, 0.15) is 5.75 Å². The fourth-order valence-electron chi connectivity index (χ4n) is 1.75. The first-order valence-corrected chi connectivity index (χ1v) is 6.55. The lowest BCUT2D eigenvalue weighted by Gasteiger charge is -2.16.